The van der Waals surface area contributed by atoms with Crippen LogP contribution in [0.15, 0.2) is 122 Å². The van der Waals surface area contributed by atoms with Crippen molar-refractivity contribution in [2.75, 3.05) is 0 Å². The fourth-order valence-electron chi connectivity index (χ4n) is 8.07. The standard InChI is InChI=1S/C46H38N4/c1-27(2)29-13-17-37-39(19-29)41-21-31-9-5-7-11-33(31)23-43(41)49-25-35(47-45(37)49)15-16-36-26-50-44-24-34-12-8-6-10-32(34)22-42(44)40-20-30(28(3)4)14-18-38(40)46(50)48-36/h5-14,17-28H,15-16H2,1-4H3. The van der Waals surface area contributed by atoms with Crippen molar-refractivity contribution in [2.24, 2.45) is 0 Å². The molecule has 50 heavy (non-hydrogen) atoms. The molecule has 4 nitrogen and oxygen atoms in total. The van der Waals surface area contributed by atoms with Crippen molar-refractivity contribution < 1.29 is 0 Å². The number of hydrogen-bond acceptors (Lipinski definition) is 2. The van der Waals surface area contributed by atoms with Gasteiger partial charge in [-0.05, 0) is 92.4 Å². The molecule has 4 heteroatoms. The summed E-state index contributed by atoms with van der Waals surface area (Å²) in [6, 6.07) is 40.5. The highest BCUT2D eigenvalue weighted by molar-refractivity contribution is 6.16. The average molecular weight is 647 g/mol. The van der Waals surface area contributed by atoms with Gasteiger partial charge in [0.1, 0.15) is 11.3 Å². The van der Waals surface area contributed by atoms with Gasteiger partial charge in [0.15, 0.2) is 0 Å². The van der Waals surface area contributed by atoms with Gasteiger partial charge < -0.3 is 0 Å². The Kier molecular flexibility index (Phi) is 6.35. The van der Waals surface area contributed by atoms with Crippen LogP contribution in [0.5, 0.6) is 0 Å². The summed E-state index contributed by atoms with van der Waals surface area (Å²) in [5.41, 5.74) is 9.31. The number of aryl methyl sites for hydroxylation is 2. The molecule has 4 aromatic heterocycles. The summed E-state index contributed by atoms with van der Waals surface area (Å²) in [6.07, 6.45) is 6.12. The SMILES string of the molecule is CC(C)c1ccc2c(c1)c1cc3ccccc3cc1n1cc(CCc3cn4c5cc6ccccc6cc5c5cc(C(C)C)ccc5c4n3)nc21. The van der Waals surface area contributed by atoms with Crippen LogP contribution in [0.3, 0.4) is 0 Å². The normalized spacial score (nSPS) is 12.5. The Bertz CT molecular complexity index is 2790. The molecular weight excluding hydrogens is 609 g/mol. The zero-order valence-electron chi connectivity index (χ0n) is 28.9. The molecule has 0 spiro atoms. The molecule has 0 N–H and O–H groups in total. The van der Waals surface area contributed by atoms with Gasteiger partial charge in [-0.25, -0.2) is 9.97 Å². The van der Waals surface area contributed by atoms with Gasteiger partial charge >= 0.3 is 0 Å². The van der Waals surface area contributed by atoms with Crippen LogP contribution in [0.1, 0.15) is 62.0 Å². The minimum absolute atomic E-state index is 0.456. The molecule has 0 saturated heterocycles. The Balaban J connectivity index is 1.12. The molecule has 0 atom stereocenters. The van der Waals surface area contributed by atoms with Gasteiger partial charge in [0.2, 0.25) is 0 Å². The Morgan fingerprint density at radius 3 is 1.24 bits per heavy atom. The van der Waals surface area contributed by atoms with Crippen molar-refractivity contribution in [2.45, 2.75) is 52.4 Å². The maximum Gasteiger partial charge on any atom is 0.145 e. The summed E-state index contributed by atoms with van der Waals surface area (Å²) in [5.74, 6) is 0.911. The number of benzene rings is 6. The lowest BCUT2D eigenvalue weighted by Crippen LogP contribution is -1.93. The van der Waals surface area contributed by atoms with Gasteiger partial charge in [0.25, 0.3) is 0 Å². The molecule has 4 heterocycles. The fourth-order valence-corrected chi connectivity index (χ4v) is 8.07. The Hall–Kier alpha value is -5.74. The number of nitrogens with zero attached hydrogens (tertiary/aromatic N) is 4. The summed E-state index contributed by atoms with van der Waals surface area (Å²) in [6.45, 7) is 9.06. The van der Waals surface area contributed by atoms with E-state index < -0.39 is 0 Å². The van der Waals surface area contributed by atoms with Gasteiger partial charge in [-0.1, -0.05) is 113 Å². The van der Waals surface area contributed by atoms with E-state index in [0.717, 1.165) is 35.5 Å². The smallest absolute Gasteiger partial charge is 0.145 e. The summed E-state index contributed by atoms with van der Waals surface area (Å²) >= 11 is 0. The van der Waals surface area contributed by atoms with Gasteiger partial charge in [0.05, 0.1) is 22.4 Å². The van der Waals surface area contributed by atoms with Crippen LogP contribution in [0.25, 0.3) is 76.2 Å². The van der Waals surface area contributed by atoms with E-state index in [1.54, 1.807) is 0 Å². The van der Waals surface area contributed by atoms with Gasteiger partial charge in [-0.2, -0.15) is 0 Å². The molecule has 0 unspecified atom stereocenters. The molecule has 0 radical (unpaired) electrons. The van der Waals surface area contributed by atoms with E-state index in [0.29, 0.717) is 11.8 Å². The molecule has 0 saturated carbocycles. The molecule has 0 aliphatic carbocycles. The van der Waals surface area contributed by atoms with Crippen LogP contribution in [0.4, 0.5) is 0 Å². The van der Waals surface area contributed by atoms with Crippen LogP contribution in [-0.4, -0.2) is 18.8 Å². The van der Waals surface area contributed by atoms with Crippen LogP contribution < -0.4 is 0 Å². The first-order valence-corrected chi connectivity index (χ1v) is 17.9. The van der Waals surface area contributed by atoms with E-state index in [1.807, 2.05) is 0 Å². The van der Waals surface area contributed by atoms with Crippen molar-refractivity contribution in [1.82, 2.24) is 18.8 Å². The molecule has 0 amide bonds. The highest BCUT2D eigenvalue weighted by atomic mass is 15.0. The Labute approximate surface area is 290 Å². The number of hydrogen-bond donors (Lipinski definition) is 0. The van der Waals surface area contributed by atoms with Crippen molar-refractivity contribution in [3.63, 3.8) is 0 Å². The van der Waals surface area contributed by atoms with Gasteiger partial charge in [0, 0.05) is 33.9 Å². The zero-order chi connectivity index (χ0) is 33.7. The zero-order valence-corrected chi connectivity index (χ0v) is 28.9. The van der Waals surface area contributed by atoms with E-state index in [9.17, 15) is 0 Å². The van der Waals surface area contributed by atoms with Crippen molar-refractivity contribution in [1.29, 1.82) is 0 Å². The summed E-state index contributed by atoms with van der Waals surface area (Å²) in [7, 11) is 0. The third-order valence-electron chi connectivity index (χ3n) is 10.9. The third kappa shape index (κ3) is 4.44. The third-order valence-corrected chi connectivity index (χ3v) is 10.9. The number of aromatic nitrogens is 4. The fraction of sp³-hybridized carbons (Fsp3) is 0.174. The van der Waals surface area contributed by atoms with E-state index in [-0.39, 0.29) is 0 Å². The largest absolute Gasteiger partial charge is 0.299 e. The molecule has 10 rings (SSSR count). The van der Waals surface area contributed by atoms with Gasteiger partial charge in [-0.15, -0.1) is 0 Å². The first kappa shape index (κ1) is 29.2. The topological polar surface area (TPSA) is 34.6 Å². The molecule has 0 bridgehead atoms. The molecule has 0 aliphatic heterocycles. The van der Waals surface area contributed by atoms with Crippen LogP contribution in [0.2, 0.25) is 0 Å². The van der Waals surface area contributed by atoms with Crippen LogP contribution in [0, 0.1) is 0 Å². The lowest BCUT2D eigenvalue weighted by Gasteiger charge is -2.12. The van der Waals surface area contributed by atoms with E-state index in [2.05, 4.69) is 158 Å². The summed E-state index contributed by atoms with van der Waals surface area (Å²) < 4.78 is 4.63. The van der Waals surface area contributed by atoms with E-state index in [4.69, 9.17) is 9.97 Å². The lowest BCUT2D eigenvalue weighted by molar-refractivity contribution is 0.869. The summed E-state index contributed by atoms with van der Waals surface area (Å²) in [5, 5.41) is 12.5. The quantitative estimate of drug-likeness (QED) is 0.138. The number of imidazole rings is 2. The Morgan fingerprint density at radius 2 is 0.840 bits per heavy atom. The maximum atomic E-state index is 5.30. The van der Waals surface area contributed by atoms with Crippen LogP contribution >= 0.6 is 0 Å². The first-order chi connectivity index (χ1) is 24.4. The highest BCUT2D eigenvalue weighted by Crippen LogP contribution is 2.36. The second-order valence-electron chi connectivity index (χ2n) is 14.7. The van der Waals surface area contributed by atoms with Crippen molar-refractivity contribution >= 4 is 76.2 Å². The van der Waals surface area contributed by atoms with Crippen molar-refractivity contribution in [3.05, 3.63) is 144 Å². The monoisotopic (exact) mass is 646 g/mol. The predicted molar refractivity (Wildman–Crippen MR) is 211 cm³/mol. The number of pyridine rings is 2. The maximum absolute atomic E-state index is 5.30. The molecule has 6 aromatic carbocycles. The van der Waals surface area contributed by atoms with Gasteiger partial charge in [-0.3, -0.25) is 8.80 Å². The predicted octanol–water partition coefficient (Wildman–Crippen LogP) is 11.9. The highest BCUT2D eigenvalue weighted by Gasteiger charge is 2.17. The lowest BCUT2D eigenvalue weighted by atomic mass is 9.96. The first-order valence-electron chi connectivity index (χ1n) is 17.9. The number of fused-ring (bicyclic) bond motifs is 14. The summed E-state index contributed by atoms with van der Waals surface area (Å²) in [4.78, 5) is 10.6. The van der Waals surface area contributed by atoms with Crippen molar-refractivity contribution in [3.8, 4) is 0 Å². The average Bonchev–Trinajstić information content (AvgIpc) is 3.78. The van der Waals surface area contributed by atoms with E-state index in [1.165, 1.54) is 76.0 Å². The molecule has 0 aliphatic rings. The molecule has 10 aromatic rings. The Morgan fingerprint density at radius 1 is 0.440 bits per heavy atom. The van der Waals surface area contributed by atoms with E-state index >= 15 is 0 Å². The minimum atomic E-state index is 0.456. The van der Waals surface area contributed by atoms with Crippen LogP contribution in [-0.2, 0) is 12.8 Å². The molecule has 242 valence electrons. The molecule has 0 fully saturated rings. The molecular formula is C46H38N4. The second kappa shape index (κ2) is 10.9. The number of rotatable bonds is 5. The minimum Gasteiger partial charge on any atom is -0.299 e. The second-order valence-corrected chi connectivity index (χ2v) is 14.7.